The normalized spacial score (nSPS) is 12.8. The Kier molecular flexibility index (Phi) is 4.56. The fraction of sp³-hybridized carbons (Fsp3) is 0.455. The Labute approximate surface area is 83.8 Å². The summed E-state index contributed by atoms with van der Waals surface area (Å²) in [7, 11) is 0. The van der Waals surface area contributed by atoms with E-state index in [1.165, 1.54) is 6.07 Å². The highest BCUT2D eigenvalue weighted by molar-refractivity contribution is 5.15. The number of quaternary nitrogens is 1. The third-order valence-electron chi connectivity index (χ3n) is 2.39. The standard InChI is InChI=1S/C11H16FNO/c1-2-10(8-14)13-7-9-5-3-4-6-11(9)12/h3-6,10,13-14H,2,7-8H2,1H3/p+1/t10-/m1/s1. The molecule has 0 bridgehead atoms. The van der Waals surface area contributed by atoms with E-state index in [1.807, 2.05) is 18.3 Å². The number of halogens is 1. The zero-order valence-corrected chi connectivity index (χ0v) is 8.41. The van der Waals surface area contributed by atoms with Crippen molar-refractivity contribution in [3.63, 3.8) is 0 Å². The molecule has 0 aromatic heterocycles. The number of hydrogen-bond acceptors (Lipinski definition) is 1. The van der Waals surface area contributed by atoms with Crippen molar-refractivity contribution in [1.29, 1.82) is 0 Å². The number of aliphatic hydroxyl groups is 1. The fourth-order valence-corrected chi connectivity index (χ4v) is 1.33. The highest BCUT2D eigenvalue weighted by atomic mass is 19.1. The van der Waals surface area contributed by atoms with Crippen LogP contribution in [0.15, 0.2) is 24.3 Å². The quantitative estimate of drug-likeness (QED) is 0.716. The van der Waals surface area contributed by atoms with E-state index < -0.39 is 0 Å². The topological polar surface area (TPSA) is 36.8 Å². The molecule has 1 aromatic rings. The average molecular weight is 198 g/mol. The summed E-state index contributed by atoms with van der Waals surface area (Å²) in [4.78, 5) is 0. The molecule has 0 fully saturated rings. The third kappa shape index (κ3) is 3.09. The minimum absolute atomic E-state index is 0.144. The smallest absolute Gasteiger partial charge is 0.132 e. The first kappa shape index (κ1) is 11.1. The molecule has 3 heteroatoms. The first-order chi connectivity index (χ1) is 6.77. The predicted octanol–water partition coefficient (Wildman–Crippen LogP) is 0.660. The molecule has 1 rings (SSSR count). The van der Waals surface area contributed by atoms with Crippen molar-refractivity contribution in [2.24, 2.45) is 0 Å². The Hall–Kier alpha value is -0.930. The van der Waals surface area contributed by atoms with Gasteiger partial charge in [0.1, 0.15) is 18.4 Å². The summed E-state index contributed by atoms with van der Waals surface area (Å²) in [6, 6.07) is 6.92. The molecule has 1 atom stereocenters. The molecular formula is C11H17FNO+. The summed E-state index contributed by atoms with van der Waals surface area (Å²) in [5.74, 6) is -0.170. The molecule has 0 aliphatic rings. The molecule has 0 aliphatic carbocycles. The van der Waals surface area contributed by atoms with Crippen LogP contribution in [0.5, 0.6) is 0 Å². The summed E-state index contributed by atoms with van der Waals surface area (Å²) in [6.45, 7) is 2.75. The molecule has 0 saturated carbocycles. The van der Waals surface area contributed by atoms with Gasteiger partial charge in [0.25, 0.3) is 0 Å². The summed E-state index contributed by atoms with van der Waals surface area (Å²) >= 11 is 0. The molecule has 0 radical (unpaired) electrons. The Morgan fingerprint density at radius 1 is 1.43 bits per heavy atom. The van der Waals surface area contributed by atoms with Gasteiger partial charge in [0, 0.05) is 5.56 Å². The van der Waals surface area contributed by atoms with E-state index >= 15 is 0 Å². The van der Waals surface area contributed by atoms with Crippen molar-refractivity contribution in [3.05, 3.63) is 35.6 Å². The molecule has 78 valence electrons. The second kappa shape index (κ2) is 5.73. The summed E-state index contributed by atoms with van der Waals surface area (Å²) in [5.41, 5.74) is 0.694. The first-order valence-electron chi connectivity index (χ1n) is 4.95. The van der Waals surface area contributed by atoms with Crippen LogP contribution in [0.1, 0.15) is 18.9 Å². The lowest BCUT2D eigenvalue weighted by molar-refractivity contribution is -0.706. The molecule has 1 aromatic carbocycles. The minimum Gasteiger partial charge on any atom is -0.390 e. The van der Waals surface area contributed by atoms with Crippen LogP contribution in [0.25, 0.3) is 0 Å². The van der Waals surface area contributed by atoms with Gasteiger partial charge in [0.15, 0.2) is 0 Å². The SMILES string of the molecule is CC[C@H](CO)[NH2+]Cc1ccccc1F. The van der Waals surface area contributed by atoms with Crippen LogP contribution in [-0.2, 0) is 6.54 Å². The van der Waals surface area contributed by atoms with Gasteiger partial charge in [-0.15, -0.1) is 0 Å². The Balaban J connectivity index is 2.49. The second-order valence-corrected chi connectivity index (χ2v) is 3.38. The van der Waals surface area contributed by atoms with E-state index in [0.29, 0.717) is 12.1 Å². The van der Waals surface area contributed by atoms with E-state index in [1.54, 1.807) is 12.1 Å². The van der Waals surface area contributed by atoms with E-state index in [2.05, 4.69) is 0 Å². The van der Waals surface area contributed by atoms with Crippen molar-refractivity contribution < 1.29 is 14.8 Å². The molecule has 0 aliphatic heterocycles. The molecule has 3 N–H and O–H groups in total. The average Bonchev–Trinajstić information content (AvgIpc) is 2.22. The lowest BCUT2D eigenvalue weighted by Crippen LogP contribution is -2.89. The van der Waals surface area contributed by atoms with Crippen molar-refractivity contribution in [1.82, 2.24) is 0 Å². The maximum absolute atomic E-state index is 13.2. The summed E-state index contributed by atoms with van der Waals surface area (Å²) < 4.78 is 13.2. The van der Waals surface area contributed by atoms with Crippen LogP contribution in [0.4, 0.5) is 4.39 Å². The van der Waals surface area contributed by atoms with Crippen LogP contribution in [0.3, 0.4) is 0 Å². The second-order valence-electron chi connectivity index (χ2n) is 3.38. The number of rotatable bonds is 5. The van der Waals surface area contributed by atoms with Crippen LogP contribution in [0.2, 0.25) is 0 Å². The maximum Gasteiger partial charge on any atom is 0.132 e. The van der Waals surface area contributed by atoms with Gasteiger partial charge in [-0.2, -0.15) is 0 Å². The summed E-state index contributed by atoms with van der Waals surface area (Å²) in [6.07, 6.45) is 0.894. The predicted molar refractivity (Wildman–Crippen MR) is 53.2 cm³/mol. The van der Waals surface area contributed by atoms with Crippen LogP contribution in [-0.4, -0.2) is 17.8 Å². The summed E-state index contributed by atoms with van der Waals surface area (Å²) in [5, 5.41) is 10.9. The molecule has 0 saturated heterocycles. The minimum atomic E-state index is -0.170. The third-order valence-corrected chi connectivity index (χ3v) is 2.39. The van der Waals surface area contributed by atoms with E-state index in [4.69, 9.17) is 5.11 Å². The fourth-order valence-electron chi connectivity index (χ4n) is 1.33. The van der Waals surface area contributed by atoms with Gasteiger partial charge in [-0.1, -0.05) is 25.1 Å². The van der Waals surface area contributed by atoms with Gasteiger partial charge in [-0.25, -0.2) is 4.39 Å². The van der Waals surface area contributed by atoms with E-state index in [9.17, 15) is 4.39 Å². The van der Waals surface area contributed by atoms with Crippen molar-refractivity contribution in [2.45, 2.75) is 25.9 Å². The number of aliphatic hydroxyl groups excluding tert-OH is 1. The van der Waals surface area contributed by atoms with Crippen LogP contribution >= 0.6 is 0 Å². The van der Waals surface area contributed by atoms with Gasteiger partial charge < -0.3 is 10.4 Å². The monoisotopic (exact) mass is 198 g/mol. The van der Waals surface area contributed by atoms with Crippen LogP contribution in [0, 0.1) is 5.82 Å². The highest BCUT2D eigenvalue weighted by Gasteiger charge is 2.09. The molecule has 14 heavy (non-hydrogen) atoms. The highest BCUT2D eigenvalue weighted by Crippen LogP contribution is 2.03. The molecule has 0 amide bonds. The molecule has 0 spiro atoms. The zero-order valence-electron chi connectivity index (χ0n) is 8.41. The Morgan fingerprint density at radius 2 is 2.14 bits per heavy atom. The van der Waals surface area contributed by atoms with Gasteiger partial charge >= 0.3 is 0 Å². The Bertz CT molecular complexity index is 274. The Morgan fingerprint density at radius 3 is 2.71 bits per heavy atom. The first-order valence-corrected chi connectivity index (χ1v) is 4.95. The maximum atomic E-state index is 13.2. The molecule has 0 heterocycles. The largest absolute Gasteiger partial charge is 0.390 e. The van der Waals surface area contributed by atoms with E-state index in [-0.39, 0.29) is 18.5 Å². The zero-order chi connectivity index (χ0) is 10.4. The number of hydrogen-bond donors (Lipinski definition) is 2. The van der Waals surface area contributed by atoms with Gasteiger partial charge in [0.2, 0.25) is 0 Å². The van der Waals surface area contributed by atoms with Crippen molar-refractivity contribution in [2.75, 3.05) is 6.61 Å². The van der Waals surface area contributed by atoms with E-state index in [0.717, 1.165) is 6.42 Å². The molecular weight excluding hydrogens is 181 g/mol. The number of nitrogens with two attached hydrogens (primary N) is 1. The lowest BCUT2D eigenvalue weighted by atomic mass is 10.2. The van der Waals surface area contributed by atoms with Crippen molar-refractivity contribution >= 4 is 0 Å². The van der Waals surface area contributed by atoms with Gasteiger partial charge in [-0.05, 0) is 12.5 Å². The molecule has 0 unspecified atom stereocenters. The lowest BCUT2D eigenvalue weighted by Gasteiger charge is -2.10. The van der Waals surface area contributed by atoms with Crippen molar-refractivity contribution in [3.8, 4) is 0 Å². The molecule has 2 nitrogen and oxygen atoms in total. The van der Waals surface area contributed by atoms with Crippen LogP contribution < -0.4 is 5.32 Å². The van der Waals surface area contributed by atoms with Gasteiger partial charge in [0.05, 0.1) is 6.61 Å². The van der Waals surface area contributed by atoms with Gasteiger partial charge in [-0.3, -0.25) is 0 Å². The number of benzene rings is 1.